The summed E-state index contributed by atoms with van der Waals surface area (Å²) in [6.45, 7) is 0.644. The molecule has 1 fully saturated rings. The first-order valence-electron chi connectivity index (χ1n) is 8.30. The van der Waals surface area contributed by atoms with Crippen molar-refractivity contribution in [3.05, 3.63) is 22.7 Å². The molecule has 4 rings (SSSR count). The van der Waals surface area contributed by atoms with Crippen LogP contribution in [-0.4, -0.2) is 57.4 Å². The molecule has 0 N–H and O–H groups in total. The van der Waals surface area contributed by atoms with Crippen LogP contribution < -0.4 is 4.90 Å². The maximum atomic E-state index is 13.1. The normalized spacial score (nSPS) is 15.3. The van der Waals surface area contributed by atoms with Crippen LogP contribution in [0.2, 0.25) is 0 Å². The van der Waals surface area contributed by atoms with Crippen molar-refractivity contribution in [3.8, 4) is 11.4 Å². The fourth-order valence-corrected chi connectivity index (χ4v) is 4.06. The van der Waals surface area contributed by atoms with Gasteiger partial charge in [-0.05, 0) is 11.4 Å². The lowest BCUT2D eigenvalue weighted by molar-refractivity contribution is -0.141. The summed E-state index contributed by atoms with van der Waals surface area (Å²) in [4.78, 5) is 6.01. The summed E-state index contributed by atoms with van der Waals surface area (Å²) in [5, 5.41) is 15.8. The number of hydrogen-bond donors (Lipinski definition) is 0. The summed E-state index contributed by atoms with van der Waals surface area (Å²) in [6.07, 6.45) is -4.39. The van der Waals surface area contributed by atoms with Gasteiger partial charge in [-0.15, -0.1) is 10.2 Å². The van der Waals surface area contributed by atoms with Gasteiger partial charge >= 0.3 is 6.18 Å². The zero-order chi connectivity index (χ0) is 19.6. The minimum Gasteiger partial charge on any atom is -0.378 e. The van der Waals surface area contributed by atoms with Gasteiger partial charge in [0.2, 0.25) is 17.7 Å². The van der Waals surface area contributed by atoms with Crippen molar-refractivity contribution >= 4 is 29.0 Å². The van der Waals surface area contributed by atoms with Crippen LogP contribution in [0.1, 0.15) is 5.89 Å². The molecular weight excluding hydrogens is 417 g/mol. The van der Waals surface area contributed by atoms with Gasteiger partial charge in [-0.25, -0.2) is 0 Å². The van der Waals surface area contributed by atoms with E-state index in [2.05, 4.69) is 20.3 Å². The lowest BCUT2D eigenvalue weighted by Crippen LogP contribution is -2.38. The molecule has 28 heavy (non-hydrogen) atoms. The molecule has 4 heterocycles. The highest BCUT2D eigenvalue weighted by Gasteiger charge is 2.33. The number of thioether (sulfide) groups is 1. The lowest BCUT2D eigenvalue weighted by Gasteiger charge is -2.28. The summed E-state index contributed by atoms with van der Waals surface area (Å²) in [5.74, 6) is 1.13. The van der Waals surface area contributed by atoms with Crippen molar-refractivity contribution < 1.29 is 22.4 Å². The minimum absolute atomic E-state index is 0.147. The average Bonchev–Trinajstić information content (AvgIpc) is 3.40. The number of aromatic nitrogens is 5. The average molecular weight is 432 g/mol. The van der Waals surface area contributed by atoms with E-state index in [0.29, 0.717) is 38.0 Å². The molecule has 0 atom stereocenters. The van der Waals surface area contributed by atoms with E-state index in [1.807, 2.05) is 16.8 Å². The highest BCUT2D eigenvalue weighted by molar-refractivity contribution is 7.98. The zero-order valence-corrected chi connectivity index (χ0v) is 16.1. The highest BCUT2D eigenvalue weighted by Crippen LogP contribution is 2.29. The van der Waals surface area contributed by atoms with Gasteiger partial charge in [-0.3, -0.25) is 4.57 Å². The first-order valence-corrected chi connectivity index (χ1v) is 10.2. The SMILES string of the molecule is FC(F)(F)Cn1c(SCc2nc(-c3ccsc3)no2)nnc1N1CCOCC1. The Bertz CT molecular complexity index is 905. The zero-order valence-electron chi connectivity index (χ0n) is 14.4. The van der Waals surface area contributed by atoms with E-state index in [0.717, 1.165) is 21.9 Å². The third kappa shape index (κ3) is 4.47. The second-order valence-corrected chi connectivity index (χ2v) is 7.62. The molecular formula is C15H15F3N6O2S2. The van der Waals surface area contributed by atoms with E-state index in [4.69, 9.17) is 9.26 Å². The van der Waals surface area contributed by atoms with Crippen LogP contribution in [0.25, 0.3) is 11.4 Å². The van der Waals surface area contributed by atoms with Gasteiger partial charge in [0.15, 0.2) is 5.16 Å². The fourth-order valence-electron chi connectivity index (χ4n) is 2.65. The quantitative estimate of drug-likeness (QED) is 0.550. The van der Waals surface area contributed by atoms with Crippen molar-refractivity contribution in [3.63, 3.8) is 0 Å². The first-order chi connectivity index (χ1) is 13.5. The van der Waals surface area contributed by atoms with E-state index in [-0.39, 0.29) is 16.9 Å². The molecule has 0 radical (unpaired) electrons. The topological polar surface area (TPSA) is 82.1 Å². The number of rotatable bonds is 6. The van der Waals surface area contributed by atoms with Crippen LogP contribution in [0, 0.1) is 0 Å². The van der Waals surface area contributed by atoms with Gasteiger partial charge in [0.25, 0.3) is 0 Å². The molecule has 0 spiro atoms. The second kappa shape index (κ2) is 8.09. The Morgan fingerprint density at radius 3 is 2.75 bits per heavy atom. The number of ether oxygens (including phenoxy) is 1. The number of halogens is 3. The van der Waals surface area contributed by atoms with Gasteiger partial charge in [-0.2, -0.15) is 29.5 Å². The van der Waals surface area contributed by atoms with E-state index in [1.165, 1.54) is 11.3 Å². The molecule has 150 valence electrons. The second-order valence-electron chi connectivity index (χ2n) is 5.90. The van der Waals surface area contributed by atoms with Gasteiger partial charge in [0, 0.05) is 24.0 Å². The van der Waals surface area contributed by atoms with Crippen LogP contribution in [0.5, 0.6) is 0 Å². The largest absolute Gasteiger partial charge is 0.406 e. The van der Waals surface area contributed by atoms with Gasteiger partial charge in [-0.1, -0.05) is 16.9 Å². The summed E-state index contributed by atoms with van der Waals surface area (Å²) in [6, 6.07) is 1.86. The van der Waals surface area contributed by atoms with Gasteiger partial charge < -0.3 is 14.2 Å². The van der Waals surface area contributed by atoms with E-state index in [1.54, 1.807) is 4.90 Å². The number of anilines is 1. The molecule has 3 aromatic heterocycles. The van der Waals surface area contributed by atoms with E-state index in [9.17, 15) is 13.2 Å². The smallest absolute Gasteiger partial charge is 0.378 e. The van der Waals surface area contributed by atoms with Crippen molar-refractivity contribution in [2.24, 2.45) is 0 Å². The molecule has 13 heteroatoms. The maximum absolute atomic E-state index is 13.1. The Morgan fingerprint density at radius 2 is 2.04 bits per heavy atom. The molecule has 1 saturated heterocycles. The lowest BCUT2D eigenvalue weighted by atomic mass is 10.3. The highest BCUT2D eigenvalue weighted by atomic mass is 32.2. The molecule has 0 bridgehead atoms. The van der Waals surface area contributed by atoms with Crippen LogP contribution in [0.15, 0.2) is 26.5 Å². The number of alkyl halides is 3. The number of thiophene rings is 1. The Labute approximate surface area is 165 Å². The Morgan fingerprint density at radius 1 is 1.21 bits per heavy atom. The number of nitrogens with zero attached hydrogens (tertiary/aromatic N) is 6. The summed E-state index contributed by atoms with van der Waals surface area (Å²) < 4.78 is 50.8. The fraction of sp³-hybridized carbons (Fsp3) is 0.467. The summed E-state index contributed by atoms with van der Waals surface area (Å²) >= 11 is 2.58. The van der Waals surface area contributed by atoms with Crippen molar-refractivity contribution in [1.29, 1.82) is 0 Å². The Kier molecular flexibility index (Phi) is 5.55. The Hall–Kier alpha value is -2.12. The molecule has 0 unspecified atom stereocenters. The van der Waals surface area contributed by atoms with Crippen LogP contribution in [0.3, 0.4) is 0 Å². The van der Waals surface area contributed by atoms with Crippen molar-refractivity contribution in [1.82, 2.24) is 24.9 Å². The van der Waals surface area contributed by atoms with E-state index >= 15 is 0 Å². The van der Waals surface area contributed by atoms with Crippen molar-refractivity contribution in [2.45, 2.75) is 23.6 Å². The third-order valence-electron chi connectivity index (χ3n) is 3.90. The van der Waals surface area contributed by atoms with Crippen LogP contribution >= 0.6 is 23.1 Å². The van der Waals surface area contributed by atoms with E-state index < -0.39 is 12.7 Å². The molecule has 3 aromatic rings. The minimum atomic E-state index is -4.39. The first kappa shape index (κ1) is 19.2. The third-order valence-corrected chi connectivity index (χ3v) is 5.54. The molecule has 1 aliphatic rings. The Balaban J connectivity index is 1.51. The predicted octanol–water partition coefficient (Wildman–Crippen LogP) is 3.08. The number of hydrogen-bond acceptors (Lipinski definition) is 9. The molecule has 1 aliphatic heterocycles. The molecule has 8 nitrogen and oxygen atoms in total. The van der Waals surface area contributed by atoms with Crippen LogP contribution in [-0.2, 0) is 17.0 Å². The monoisotopic (exact) mass is 432 g/mol. The predicted molar refractivity (Wildman–Crippen MR) is 96.3 cm³/mol. The summed E-state index contributed by atoms with van der Waals surface area (Å²) in [7, 11) is 0. The van der Waals surface area contributed by atoms with Gasteiger partial charge in [0.05, 0.1) is 19.0 Å². The molecule has 0 aliphatic carbocycles. The summed E-state index contributed by atoms with van der Waals surface area (Å²) in [5.41, 5.74) is 0.833. The molecule has 0 saturated carbocycles. The van der Waals surface area contributed by atoms with Crippen molar-refractivity contribution in [2.75, 3.05) is 31.2 Å². The molecule has 0 amide bonds. The van der Waals surface area contributed by atoms with Crippen LogP contribution in [0.4, 0.5) is 19.1 Å². The van der Waals surface area contributed by atoms with Gasteiger partial charge in [0.1, 0.15) is 6.54 Å². The standard InChI is InChI=1S/C15H15F3N6O2S2/c16-15(17,18)9-24-13(23-2-4-25-5-3-23)20-21-14(24)28-8-11-19-12(22-26-11)10-1-6-27-7-10/h1,6-7H,2-5,8-9H2. The maximum Gasteiger partial charge on any atom is 0.406 e. The number of morpholine rings is 1. The molecule has 0 aromatic carbocycles.